The number of esters is 1. The number of hydrogen-bond acceptors (Lipinski definition) is 5. The molecule has 0 N–H and O–H groups in total. The maximum Gasteiger partial charge on any atom is 0.310 e. The fourth-order valence-corrected chi connectivity index (χ4v) is 2.26. The summed E-state index contributed by atoms with van der Waals surface area (Å²) >= 11 is 0. The maximum atomic E-state index is 12.2. The molecule has 1 fully saturated rings. The molecular weight excluding hydrogens is 248 g/mol. The summed E-state index contributed by atoms with van der Waals surface area (Å²) in [5, 5.41) is 0. The van der Waals surface area contributed by atoms with E-state index in [0.717, 1.165) is 12.8 Å². The van der Waals surface area contributed by atoms with Crippen LogP contribution in [0.25, 0.3) is 0 Å². The zero-order valence-corrected chi connectivity index (χ0v) is 11.2. The zero-order valence-electron chi connectivity index (χ0n) is 11.2. The van der Waals surface area contributed by atoms with Crippen molar-refractivity contribution in [3.63, 3.8) is 0 Å². The Labute approximate surface area is 111 Å². The van der Waals surface area contributed by atoms with Crippen LogP contribution in [0.5, 0.6) is 0 Å². The van der Waals surface area contributed by atoms with Crippen molar-refractivity contribution in [2.24, 2.45) is 5.92 Å². The van der Waals surface area contributed by atoms with Gasteiger partial charge in [-0.05, 0) is 26.7 Å². The van der Waals surface area contributed by atoms with E-state index in [1.54, 1.807) is 18.7 Å². The third kappa shape index (κ3) is 2.94. The van der Waals surface area contributed by atoms with E-state index in [4.69, 9.17) is 9.15 Å². The number of aromatic nitrogens is 1. The number of ether oxygens (including phenoxy) is 1. The van der Waals surface area contributed by atoms with Gasteiger partial charge in [0.2, 0.25) is 5.76 Å². The van der Waals surface area contributed by atoms with Gasteiger partial charge in [-0.3, -0.25) is 9.59 Å². The molecule has 0 spiro atoms. The first-order valence-corrected chi connectivity index (χ1v) is 6.49. The largest absolute Gasteiger partial charge is 0.466 e. The molecule has 0 aliphatic carbocycles. The van der Waals surface area contributed by atoms with Crippen LogP contribution in [0, 0.1) is 12.8 Å². The number of aryl methyl sites for hydroxylation is 1. The molecule has 0 saturated carbocycles. The summed E-state index contributed by atoms with van der Waals surface area (Å²) in [7, 11) is 0. The smallest absolute Gasteiger partial charge is 0.310 e. The van der Waals surface area contributed by atoms with Gasteiger partial charge in [0.25, 0.3) is 5.91 Å². The van der Waals surface area contributed by atoms with Gasteiger partial charge in [-0.15, -0.1) is 0 Å². The summed E-state index contributed by atoms with van der Waals surface area (Å²) in [4.78, 5) is 29.5. The van der Waals surface area contributed by atoms with Crippen molar-refractivity contribution in [3.05, 3.63) is 17.8 Å². The molecule has 0 radical (unpaired) electrons. The molecule has 1 aliphatic rings. The van der Waals surface area contributed by atoms with E-state index in [-0.39, 0.29) is 23.6 Å². The fourth-order valence-electron chi connectivity index (χ4n) is 2.26. The van der Waals surface area contributed by atoms with E-state index >= 15 is 0 Å². The standard InChI is InChI=1S/C13H18N2O4/c1-3-18-13(17)10-5-4-6-15(7-10)12(16)11-9(2)14-8-19-11/h8,10H,3-7H2,1-2H3. The third-order valence-electron chi connectivity index (χ3n) is 3.27. The number of piperidine rings is 1. The Morgan fingerprint density at radius 1 is 1.58 bits per heavy atom. The minimum atomic E-state index is -0.235. The topological polar surface area (TPSA) is 72.6 Å². The van der Waals surface area contributed by atoms with Gasteiger partial charge in [0.1, 0.15) is 0 Å². The summed E-state index contributed by atoms with van der Waals surface area (Å²) in [6.07, 6.45) is 2.82. The molecule has 1 aliphatic heterocycles. The molecule has 1 saturated heterocycles. The van der Waals surface area contributed by atoms with Crippen LogP contribution >= 0.6 is 0 Å². The van der Waals surface area contributed by atoms with Crippen molar-refractivity contribution in [2.45, 2.75) is 26.7 Å². The molecule has 0 bridgehead atoms. The van der Waals surface area contributed by atoms with Crippen molar-refractivity contribution < 1.29 is 18.7 Å². The average molecular weight is 266 g/mol. The molecule has 2 rings (SSSR count). The van der Waals surface area contributed by atoms with Crippen LogP contribution in [-0.4, -0.2) is 41.5 Å². The Kier molecular flexibility index (Phi) is 4.19. The summed E-state index contributed by atoms with van der Waals surface area (Å²) in [5.74, 6) is -0.413. The van der Waals surface area contributed by atoms with E-state index in [2.05, 4.69) is 4.98 Å². The molecule has 1 atom stereocenters. The van der Waals surface area contributed by atoms with Crippen LogP contribution in [0.3, 0.4) is 0 Å². The fraction of sp³-hybridized carbons (Fsp3) is 0.615. The number of nitrogens with zero attached hydrogens (tertiary/aromatic N) is 2. The Bertz CT molecular complexity index is 469. The molecular formula is C13H18N2O4. The minimum absolute atomic E-state index is 0.205. The first kappa shape index (κ1) is 13.6. The van der Waals surface area contributed by atoms with Gasteiger partial charge in [0.05, 0.1) is 18.2 Å². The molecule has 19 heavy (non-hydrogen) atoms. The second-order valence-electron chi connectivity index (χ2n) is 4.61. The van der Waals surface area contributed by atoms with Crippen molar-refractivity contribution in [2.75, 3.05) is 19.7 Å². The molecule has 6 heteroatoms. The maximum absolute atomic E-state index is 12.2. The summed E-state index contributed by atoms with van der Waals surface area (Å²) in [5.41, 5.74) is 0.572. The Morgan fingerprint density at radius 2 is 2.37 bits per heavy atom. The van der Waals surface area contributed by atoms with Crippen LogP contribution in [0.1, 0.15) is 36.0 Å². The van der Waals surface area contributed by atoms with Crippen LogP contribution < -0.4 is 0 Å². The predicted octanol–water partition coefficient (Wildman–Crippen LogP) is 1.40. The number of oxazole rings is 1. The lowest BCUT2D eigenvalue weighted by molar-refractivity contribution is -0.149. The van der Waals surface area contributed by atoms with Crippen molar-refractivity contribution in [1.82, 2.24) is 9.88 Å². The molecule has 6 nitrogen and oxygen atoms in total. The molecule has 2 heterocycles. The van der Waals surface area contributed by atoms with Crippen LogP contribution in [0.4, 0.5) is 0 Å². The van der Waals surface area contributed by atoms with E-state index < -0.39 is 0 Å². The van der Waals surface area contributed by atoms with E-state index in [1.807, 2.05) is 0 Å². The Morgan fingerprint density at radius 3 is 3.00 bits per heavy atom. The number of carbonyl (C=O) groups is 2. The minimum Gasteiger partial charge on any atom is -0.466 e. The van der Waals surface area contributed by atoms with E-state index in [0.29, 0.717) is 25.4 Å². The molecule has 104 valence electrons. The predicted molar refractivity (Wildman–Crippen MR) is 66.5 cm³/mol. The monoisotopic (exact) mass is 266 g/mol. The van der Waals surface area contributed by atoms with Crippen molar-refractivity contribution in [1.29, 1.82) is 0 Å². The quantitative estimate of drug-likeness (QED) is 0.773. The van der Waals surface area contributed by atoms with Gasteiger partial charge in [0.15, 0.2) is 6.39 Å². The summed E-state index contributed by atoms with van der Waals surface area (Å²) in [6.45, 7) is 4.89. The van der Waals surface area contributed by atoms with Gasteiger partial charge in [-0.1, -0.05) is 0 Å². The number of rotatable bonds is 3. The van der Waals surface area contributed by atoms with Gasteiger partial charge in [-0.2, -0.15) is 0 Å². The molecule has 0 aromatic carbocycles. The summed E-state index contributed by atoms with van der Waals surface area (Å²) in [6, 6.07) is 0. The Hall–Kier alpha value is -1.85. The van der Waals surface area contributed by atoms with Gasteiger partial charge in [-0.25, -0.2) is 4.98 Å². The molecule has 1 aromatic rings. The zero-order chi connectivity index (χ0) is 13.8. The number of likely N-dealkylation sites (tertiary alicyclic amines) is 1. The lowest BCUT2D eigenvalue weighted by Crippen LogP contribution is -2.42. The highest BCUT2D eigenvalue weighted by Crippen LogP contribution is 2.20. The number of hydrogen-bond donors (Lipinski definition) is 0. The first-order chi connectivity index (χ1) is 9.13. The highest BCUT2D eigenvalue weighted by molar-refractivity contribution is 5.92. The molecule has 1 amide bonds. The lowest BCUT2D eigenvalue weighted by Gasteiger charge is -2.30. The highest BCUT2D eigenvalue weighted by atomic mass is 16.5. The van der Waals surface area contributed by atoms with Crippen LogP contribution in [-0.2, 0) is 9.53 Å². The lowest BCUT2D eigenvalue weighted by atomic mass is 9.98. The highest BCUT2D eigenvalue weighted by Gasteiger charge is 2.31. The van der Waals surface area contributed by atoms with Gasteiger partial charge in [0, 0.05) is 13.1 Å². The molecule has 1 unspecified atom stereocenters. The Balaban J connectivity index is 2.03. The van der Waals surface area contributed by atoms with Crippen molar-refractivity contribution in [3.8, 4) is 0 Å². The van der Waals surface area contributed by atoms with E-state index in [1.165, 1.54) is 6.39 Å². The van der Waals surface area contributed by atoms with Gasteiger partial charge >= 0.3 is 5.97 Å². The second-order valence-corrected chi connectivity index (χ2v) is 4.61. The second kappa shape index (κ2) is 5.86. The third-order valence-corrected chi connectivity index (χ3v) is 3.27. The number of carbonyl (C=O) groups excluding carboxylic acids is 2. The van der Waals surface area contributed by atoms with Gasteiger partial charge < -0.3 is 14.1 Å². The summed E-state index contributed by atoms with van der Waals surface area (Å²) < 4.78 is 10.1. The number of amides is 1. The molecule has 1 aromatic heterocycles. The van der Waals surface area contributed by atoms with E-state index in [9.17, 15) is 9.59 Å². The first-order valence-electron chi connectivity index (χ1n) is 6.49. The SMILES string of the molecule is CCOC(=O)C1CCCN(C(=O)c2ocnc2C)C1. The van der Waals surface area contributed by atoms with Crippen LogP contribution in [0.15, 0.2) is 10.8 Å². The van der Waals surface area contributed by atoms with Crippen molar-refractivity contribution >= 4 is 11.9 Å². The van der Waals surface area contributed by atoms with Crippen LogP contribution in [0.2, 0.25) is 0 Å². The average Bonchev–Trinajstić information content (AvgIpc) is 2.84. The normalized spacial score (nSPS) is 19.3.